The van der Waals surface area contributed by atoms with Gasteiger partial charge >= 0.3 is 0 Å². The summed E-state index contributed by atoms with van der Waals surface area (Å²) in [4.78, 5) is 3.47. The van der Waals surface area contributed by atoms with E-state index in [0.717, 1.165) is 18.8 Å². The number of rotatable bonds is 2. The van der Waals surface area contributed by atoms with Gasteiger partial charge in [-0.25, -0.2) is 6.57 Å². The Kier molecular flexibility index (Phi) is 3.44. The molecule has 4 atom stereocenters. The van der Waals surface area contributed by atoms with E-state index in [1.54, 1.807) is 0 Å². The lowest BCUT2D eigenvalue weighted by molar-refractivity contribution is 0.102. The molecule has 0 amide bonds. The number of hydrogen-bond acceptors (Lipinski definition) is 2. The first-order valence-electron chi connectivity index (χ1n) is 9.82. The second-order valence-electron chi connectivity index (χ2n) is 8.61. The van der Waals surface area contributed by atoms with Crippen molar-refractivity contribution in [2.75, 3.05) is 6.54 Å². The third-order valence-electron chi connectivity index (χ3n) is 7.36. The highest BCUT2D eigenvalue weighted by molar-refractivity contribution is 5.42. The van der Waals surface area contributed by atoms with E-state index >= 15 is 0 Å². The molecular weight excluding hydrogens is 322 g/mol. The van der Waals surface area contributed by atoms with Crippen molar-refractivity contribution >= 4 is 0 Å². The van der Waals surface area contributed by atoms with E-state index in [1.807, 2.05) is 16.8 Å². The summed E-state index contributed by atoms with van der Waals surface area (Å²) in [5.41, 5.74) is 5.75. The van der Waals surface area contributed by atoms with Crippen LogP contribution in [-0.2, 0) is 24.8 Å². The van der Waals surface area contributed by atoms with Crippen molar-refractivity contribution in [3.05, 3.63) is 58.2 Å². The van der Waals surface area contributed by atoms with E-state index < -0.39 is 0 Å². The number of aryl methyl sites for hydroxylation is 1. The maximum Gasteiger partial charge on any atom is 0.234 e. The second kappa shape index (κ2) is 5.61. The van der Waals surface area contributed by atoms with Gasteiger partial charge in [0.25, 0.3) is 0 Å². The van der Waals surface area contributed by atoms with Crippen molar-refractivity contribution in [1.82, 2.24) is 9.78 Å². The standard InChI is InChI=1S/C22H25N3O/c1-22-8-7-18-17-6-4-16(26)11-14(17)3-5-19(18)20(22)12-15-13-25(10-9-23-2)24-21(15)22/h4,6,11,13,18-20,26H,3,5,7-10,12H2,1H3/t18?,19?,20?,22-/m0/s1. The fraction of sp³-hybridized carbons (Fsp3) is 0.545. The van der Waals surface area contributed by atoms with E-state index in [9.17, 15) is 5.11 Å². The minimum Gasteiger partial charge on any atom is -0.508 e. The van der Waals surface area contributed by atoms with Crippen LogP contribution in [0.2, 0.25) is 0 Å². The van der Waals surface area contributed by atoms with Crippen LogP contribution in [0.15, 0.2) is 24.4 Å². The van der Waals surface area contributed by atoms with Crippen LogP contribution in [0.25, 0.3) is 4.85 Å². The van der Waals surface area contributed by atoms with E-state index in [1.165, 1.54) is 41.6 Å². The lowest BCUT2D eigenvalue weighted by Gasteiger charge is -2.49. The van der Waals surface area contributed by atoms with Gasteiger partial charge in [0.05, 0.1) is 5.69 Å². The van der Waals surface area contributed by atoms with Gasteiger partial charge in [0.1, 0.15) is 12.3 Å². The van der Waals surface area contributed by atoms with Crippen LogP contribution >= 0.6 is 0 Å². The van der Waals surface area contributed by atoms with Crippen LogP contribution in [0.4, 0.5) is 0 Å². The maximum atomic E-state index is 9.82. The van der Waals surface area contributed by atoms with Crippen LogP contribution in [0, 0.1) is 18.4 Å². The largest absolute Gasteiger partial charge is 0.508 e. The van der Waals surface area contributed by atoms with Crippen molar-refractivity contribution < 1.29 is 5.11 Å². The minimum absolute atomic E-state index is 0.189. The molecule has 0 bridgehead atoms. The average Bonchev–Trinajstić information content (AvgIpc) is 3.16. The molecule has 0 saturated heterocycles. The van der Waals surface area contributed by atoms with Crippen molar-refractivity contribution in [2.45, 2.75) is 56.9 Å². The summed E-state index contributed by atoms with van der Waals surface area (Å²) in [5.74, 6) is 2.43. The molecule has 3 aliphatic carbocycles. The molecule has 1 fully saturated rings. The topological polar surface area (TPSA) is 42.4 Å². The average molecular weight is 347 g/mol. The van der Waals surface area contributed by atoms with Gasteiger partial charge in [-0.2, -0.15) is 5.10 Å². The first-order chi connectivity index (χ1) is 12.6. The number of fused-ring (bicyclic) bond motifs is 7. The quantitative estimate of drug-likeness (QED) is 0.832. The van der Waals surface area contributed by atoms with E-state index in [0.29, 0.717) is 30.7 Å². The van der Waals surface area contributed by atoms with E-state index in [4.69, 9.17) is 11.7 Å². The first-order valence-corrected chi connectivity index (χ1v) is 9.82. The number of phenols is 1. The van der Waals surface area contributed by atoms with Crippen molar-refractivity contribution in [1.29, 1.82) is 0 Å². The lowest BCUT2D eigenvalue weighted by Crippen LogP contribution is -2.43. The smallest absolute Gasteiger partial charge is 0.234 e. The highest BCUT2D eigenvalue weighted by atomic mass is 16.3. The normalized spacial score (nSPS) is 31.5. The summed E-state index contributed by atoms with van der Waals surface area (Å²) in [5, 5.41) is 14.7. The molecule has 1 saturated carbocycles. The monoisotopic (exact) mass is 347 g/mol. The number of hydrogen-bond donors (Lipinski definition) is 1. The maximum absolute atomic E-state index is 9.82. The summed E-state index contributed by atoms with van der Waals surface area (Å²) in [6, 6.07) is 6.01. The summed E-state index contributed by atoms with van der Waals surface area (Å²) in [7, 11) is 0. The molecule has 3 unspecified atom stereocenters. The Morgan fingerprint density at radius 2 is 2.23 bits per heavy atom. The van der Waals surface area contributed by atoms with Gasteiger partial charge in [-0.15, -0.1) is 0 Å². The summed E-state index contributed by atoms with van der Waals surface area (Å²) < 4.78 is 2.00. The molecule has 0 spiro atoms. The first kappa shape index (κ1) is 15.9. The molecule has 0 aliphatic heterocycles. The molecule has 4 heteroatoms. The predicted molar refractivity (Wildman–Crippen MR) is 100 cm³/mol. The SMILES string of the molecule is [C-]#[N+]CCn1cc2c(n1)[C@@]1(C)CCC3c4ccc(O)cc4CCC3C1C2. The minimum atomic E-state index is 0.189. The Morgan fingerprint density at radius 1 is 1.35 bits per heavy atom. The van der Waals surface area contributed by atoms with Crippen LogP contribution in [0.1, 0.15) is 54.5 Å². The summed E-state index contributed by atoms with van der Waals surface area (Å²) >= 11 is 0. The predicted octanol–water partition coefficient (Wildman–Crippen LogP) is 4.08. The van der Waals surface area contributed by atoms with Gasteiger partial charge < -0.3 is 9.95 Å². The zero-order chi connectivity index (χ0) is 17.9. The van der Waals surface area contributed by atoms with E-state index in [2.05, 4.69) is 24.0 Å². The molecule has 5 rings (SSSR count). The van der Waals surface area contributed by atoms with Gasteiger partial charge in [-0.05, 0) is 78.7 Å². The number of aromatic nitrogens is 2. The molecule has 2 aromatic rings. The van der Waals surface area contributed by atoms with Crippen LogP contribution in [0.5, 0.6) is 5.75 Å². The molecule has 4 nitrogen and oxygen atoms in total. The molecule has 0 radical (unpaired) electrons. The Labute approximate surface area is 154 Å². The molecule has 1 N–H and O–H groups in total. The van der Waals surface area contributed by atoms with Crippen LogP contribution in [0.3, 0.4) is 0 Å². The molecule has 1 aromatic heterocycles. The van der Waals surface area contributed by atoms with Gasteiger partial charge in [-0.1, -0.05) is 13.0 Å². The summed E-state index contributed by atoms with van der Waals surface area (Å²) in [6.07, 6.45) is 8.05. The van der Waals surface area contributed by atoms with Gasteiger partial charge in [-0.3, -0.25) is 4.68 Å². The zero-order valence-corrected chi connectivity index (χ0v) is 15.3. The summed E-state index contributed by atoms with van der Waals surface area (Å²) in [6.45, 7) is 10.6. The third-order valence-corrected chi connectivity index (χ3v) is 7.36. The molecule has 1 heterocycles. The second-order valence-corrected chi connectivity index (χ2v) is 8.61. The van der Waals surface area contributed by atoms with Gasteiger partial charge in [0.15, 0.2) is 0 Å². The number of aromatic hydroxyl groups is 1. The highest BCUT2D eigenvalue weighted by Gasteiger charge is 2.54. The Balaban J connectivity index is 1.46. The molecule has 3 aliphatic rings. The van der Waals surface area contributed by atoms with Crippen LogP contribution in [-0.4, -0.2) is 21.4 Å². The fourth-order valence-corrected chi connectivity index (χ4v) is 6.16. The molecular formula is C22H25N3O. The number of nitrogens with zero attached hydrogens (tertiary/aromatic N) is 3. The highest BCUT2D eigenvalue weighted by Crippen LogP contribution is 2.59. The van der Waals surface area contributed by atoms with Crippen molar-refractivity contribution in [3.8, 4) is 5.75 Å². The Hall–Kier alpha value is -2.28. The Morgan fingerprint density at radius 3 is 3.08 bits per heavy atom. The fourth-order valence-electron chi connectivity index (χ4n) is 6.16. The van der Waals surface area contributed by atoms with E-state index in [-0.39, 0.29) is 5.41 Å². The number of phenolic OH excluding ortho intramolecular Hbond substituents is 1. The van der Waals surface area contributed by atoms with Crippen molar-refractivity contribution in [3.63, 3.8) is 0 Å². The lowest BCUT2D eigenvalue weighted by atomic mass is 9.55. The Bertz CT molecular complexity index is 909. The molecule has 134 valence electrons. The van der Waals surface area contributed by atoms with Crippen LogP contribution < -0.4 is 0 Å². The van der Waals surface area contributed by atoms with Gasteiger partial charge in [0, 0.05) is 11.6 Å². The number of benzene rings is 1. The zero-order valence-electron chi connectivity index (χ0n) is 15.3. The van der Waals surface area contributed by atoms with Crippen molar-refractivity contribution in [2.24, 2.45) is 11.8 Å². The molecule has 1 aromatic carbocycles. The molecule has 26 heavy (non-hydrogen) atoms. The third kappa shape index (κ3) is 2.16. The van der Waals surface area contributed by atoms with Gasteiger partial charge in [0.2, 0.25) is 6.54 Å².